The van der Waals surface area contributed by atoms with Crippen LogP contribution in [-0.4, -0.2) is 126 Å². The standard InChI is InChI=1S/2C10H19NO5.Ca.H2O/c2*1-10(2,6-12)8(15)9(16)11-5-3-4-7(13)14;;/h2*8,12,15H,3-6H2,1-2H3,(H,11,16)(H,13,14);;1H2/q;;+2;/p-2. The van der Waals surface area contributed by atoms with Gasteiger partial charge in [-0.1, -0.05) is 27.7 Å². The molecule has 0 aliphatic rings. The van der Waals surface area contributed by atoms with Crippen LogP contribution in [0.1, 0.15) is 53.4 Å². The Morgan fingerprint density at radius 2 is 1.00 bits per heavy atom. The molecule has 0 aromatic heterocycles. The molecule has 0 fully saturated rings. The van der Waals surface area contributed by atoms with Gasteiger partial charge in [-0.3, -0.25) is 9.59 Å². The molecule has 2 unspecified atom stereocenters. The topological polar surface area (TPSA) is 251 Å². The van der Waals surface area contributed by atoms with E-state index in [4.69, 9.17) is 10.2 Å². The van der Waals surface area contributed by atoms with Gasteiger partial charge in [0.15, 0.2) is 0 Å². The monoisotopic (exact) mass is 522 g/mol. The van der Waals surface area contributed by atoms with Gasteiger partial charge in [0, 0.05) is 35.9 Å². The van der Waals surface area contributed by atoms with Gasteiger partial charge >= 0.3 is 37.7 Å². The molecule has 2 amide bonds. The second kappa shape index (κ2) is 20.2. The van der Waals surface area contributed by atoms with Crippen LogP contribution >= 0.6 is 0 Å². The van der Waals surface area contributed by atoms with Crippen molar-refractivity contribution in [2.75, 3.05) is 26.3 Å². The summed E-state index contributed by atoms with van der Waals surface area (Å²) in [7, 11) is 0. The van der Waals surface area contributed by atoms with Crippen molar-refractivity contribution in [1.82, 2.24) is 10.6 Å². The van der Waals surface area contributed by atoms with E-state index in [1.54, 1.807) is 27.7 Å². The van der Waals surface area contributed by atoms with Crippen molar-refractivity contribution in [3.63, 3.8) is 0 Å². The number of hydrogen-bond acceptors (Lipinski definition) is 10. The number of aliphatic hydroxyl groups is 4. The molecule has 13 nitrogen and oxygen atoms in total. The number of carbonyl (C=O) groups excluding carboxylic acids is 4. The van der Waals surface area contributed by atoms with Crippen LogP contribution in [0, 0.1) is 10.8 Å². The zero-order valence-electron chi connectivity index (χ0n) is 20.3. The molecule has 14 heteroatoms. The molecular weight excluding hydrogens is 484 g/mol. The maximum absolute atomic E-state index is 11.4. The van der Waals surface area contributed by atoms with Crippen molar-refractivity contribution in [2.24, 2.45) is 10.8 Å². The molecule has 0 saturated carbocycles. The molecule has 0 aromatic carbocycles. The number of nitrogens with one attached hydrogen (secondary N) is 2. The number of amides is 2. The Balaban J connectivity index is -0.000000250. The fourth-order valence-corrected chi connectivity index (χ4v) is 1.96. The van der Waals surface area contributed by atoms with Crippen molar-refractivity contribution < 1.29 is 55.3 Å². The molecule has 196 valence electrons. The number of rotatable bonds is 14. The summed E-state index contributed by atoms with van der Waals surface area (Å²) in [6.45, 7) is 5.89. The van der Waals surface area contributed by atoms with Crippen LogP contribution in [-0.2, 0) is 19.2 Å². The second-order valence-corrected chi connectivity index (χ2v) is 8.63. The summed E-state index contributed by atoms with van der Waals surface area (Å²) in [6.07, 6.45) is -2.42. The fraction of sp³-hybridized carbons (Fsp3) is 0.800. The Kier molecular flexibility index (Phi) is 23.8. The Hall–Kier alpha value is -1.06. The average molecular weight is 523 g/mol. The third-order valence-corrected chi connectivity index (χ3v) is 4.51. The zero-order chi connectivity index (χ0) is 25.5. The van der Waals surface area contributed by atoms with Crippen LogP contribution in [0.5, 0.6) is 0 Å². The SMILES string of the molecule is CC(C)(CO)C(O)C(=O)NCCCC(=O)[O-].CC(C)(CO)C(O)C(=O)NCCCC(=O)[O-].O.[Ca+2]. The summed E-state index contributed by atoms with van der Waals surface area (Å²) in [5, 5.41) is 61.9. The van der Waals surface area contributed by atoms with Crippen molar-refractivity contribution in [3.8, 4) is 0 Å². The molecule has 0 radical (unpaired) electrons. The molecule has 0 aliphatic carbocycles. The number of carbonyl (C=O) groups is 4. The number of hydrogen-bond donors (Lipinski definition) is 6. The van der Waals surface area contributed by atoms with Gasteiger partial charge in [0.1, 0.15) is 12.2 Å². The zero-order valence-corrected chi connectivity index (χ0v) is 22.5. The van der Waals surface area contributed by atoms with E-state index in [1.807, 2.05) is 0 Å². The number of carboxylic acids is 2. The molecular formula is C20H38CaN2O11. The molecule has 0 heterocycles. The summed E-state index contributed by atoms with van der Waals surface area (Å²) in [5.74, 6) is -3.58. The molecule has 0 rings (SSSR count). The number of carboxylic acid groups (broad SMARTS) is 2. The van der Waals surface area contributed by atoms with Crippen molar-refractivity contribution >= 4 is 61.5 Å². The van der Waals surface area contributed by atoms with E-state index in [9.17, 15) is 39.6 Å². The molecule has 8 N–H and O–H groups in total. The Morgan fingerprint density at radius 1 is 0.735 bits per heavy atom. The minimum absolute atomic E-state index is 0. The van der Waals surface area contributed by atoms with Gasteiger partial charge in [-0.05, 0) is 25.7 Å². The van der Waals surface area contributed by atoms with Crippen LogP contribution in [0.3, 0.4) is 0 Å². The van der Waals surface area contributed by atoms with Crippen LogP contribution < -0.4 is 20.8 Å². The van der Waals surface area contributed by atoms with Gasteiger partial charge in [-0.2, -0.15) is 0 Å². The van der Waals surface area contributed by atoms with Gasteiger partial charge in [-0.15, -0.1) is 0 Å². The van der Waals surface area contributed by atoms with Gasteiger partial charge in [0.2, 0.25) is 11.8 Å². The van der Waals surface area contributed by atoms with Gasteiger partial charge in [-0.25, -0.2) is 0 Å². The van der Waals surface area contributed by atoms with Crippen molar-refractivity contribution in [3.05, 3.63) is 0 Å². The fourth-order valence-electron chi connectivity index (χ4n) is 1.96. The average Bonchev–Trinajstić information content (AvgIpc) is 2.72. The first-order valence-corrected chi connectivity index (χ1v) is 10.1. The maximum atomic E-state index is 11.4. The van der Waals surface area contributed by atoms with Crippen molar-refractivity contribution in [2.45, 2.75) is 65.6 Å². The molecule has 0 aromatic rings. The van der Waals surface area contributed by atoms with Crippen molar-refractivity contribution in [1.29, 1.82) is 0 Å². The van der Waals surface area contributed by atoms with Crippen LogP contribution in [0.25, 0.3) is 0 Å². The quantitative estimate of drug-likeness (QED) is 0.0934. The van der Waals surface area contributed by atoms with E-state index in [1.165, 1.54) is 0 Å². The van der Waals surface area contributed by atoms with E-state index in [2.05, 4.69) is 10.6 Å². The Morgan fingerprint density at radius 3 is 1.21 bits per heavy atom. The largest absolute Gasteiger partial charge is 2.00 e. The first kappa shape index (κ1) is 40.1. The van der Waals surface area contributed by atoms with Crippen LogP contribution in [0.2, 0.25) is 0 Å². The molecule has 0 bridgehead atoms. The minimum atomic E-state index is -1.32. The summed E-state index contributed by atoms with van der Waals surface area (Å²) >= 11 is 0. The first-order chi connectivity index (χ1) is 14.6. The summed E-state index contributed by atoms with van der Waals surface area (Å²) in [5.41, 5.74) is -1.84. The summed E-state index contributed by atoms with van der Waals surface area (Å²) in [4.78, 5) is 42.9. The Bertz CT molecular complexity index is 563. The predicted octanol–water partition coefficient (Wildman–Crippen LogP) is -5.18. The third-order valence-electron chi connectivity index (χ3n) is 4.51. The van der Waals surface area contributed by atoms with Gasteiger partial charge < -0.3 is 56.3 Å². The Labute approximate surface area is 229 Å². The number of aliphatic carboxylic acids is 2. The smallest absolute Gasteiger partial charge is 0.550 e. The third kappa shape index (κ3) is 18.3. The molecule has 0 saturated heterocycles. The van der Waals surface area contributed by atoms with Crippen LogP contribution in [0.15, 0.2) is 0 Å². The summed E-state index contributed by atoms with van der Waals surface area (Å²) < 4.78 is 0. The van der Waals surface area contributed by atoms with E-state index < -0.39 is 46.8 Å². The number of aliphatic hydroxyl groups excluding tert-OH is 4. The molecule has 0 aliphatic heterocycles. The maximum Gasteiger partial charge on any atom is 2.00 e. The summed E-state index contributed by atoms with van der Waals surface area (Å²) in [6, 6.07) is 0. The minimum Gasteiger partial charge on any atom is -0.550 e. The van der Waals surface area contributed by atoms with Gasteiger partial charge in [0.25, 0.3) is 0 Å². The van der Waals surface area contributed by atoms with E-state index in [0.717, 1.165) is 0 Å². The first-order valence-electron chi connectivity index (χ1n) is 10.1. The van der Waals surface area contributed by atoms with Crippen LogP contribution in [0.4, 0.5) is 0 Å². The second-order valence-electron chi connectivity index (χ2n) is 8.63. The van der Waals surface area contributed by atoms with E-state index in [-0.39, 0.29) is 95.2 Å². The molecule has 2 atom stereocenters. The van der Waals surface area contributed by atoms with E-state index in [0.29, 0.717) is 0 Å². The predicted molar refractivity (Wildman–Crippen MR) is 118 cm³/mol. The molecule has 0 spiro atoms. The molecule has 34 heavy (non-hydrogen) atoms. The van der Waals surface area contributed by atoms with E-state index >= 15 is 0 Å². The van der Waals surface area contributed by atoms with Gasteiger partial charge in [0.05, 0.1) is 13.2 Å². The normalized spacial score (nSPS) is 12.5.